The molecule has 1 aliphatic rings. The van der Waals surface area contributed by atoms with Crippen molar-refractivity contribution in [1.82, 2.24) is 4.90 Å². The quantitative estimate of drug-likeness (QED) is 0.832. The van der Waals surface area contributed by atoms with E-state index in [-0.39, 0.29) is 6.61 Å². The van der Waals surface area contributed by atoms with E-state index < -0.39 is 0 Å². The van der Waals surface area contributed by atoms with Gasteiger partial charge in [-0.3, -0.25) is 0 Å². The van der Waals surface area contributed by atoms with Crippen LogP contribution in [-0.4, -0.2) is 36.8 Å². The van der Waals surface area contributed by atoms with Gasteiger partial charge in [0.25, 0.3) is 0 Å². The highest BCUT2D eigenvalue weighted by atomic mass is 35.5. The summed E-state index contributed by atoms with van der Waals surface area (Å²) in [6.45, 7) is 2.22. The fourth-order valence-electron chi connectivity index (χ4n) is 2.39. The van der Waals surface area contributed by atoms with Crippen LogP contribution in [0.5, 0.6) is 0 Å². The maximum absolute atomic E-state index is 9.33. The molecule has 3 heteroatoms. The number of halogens is 1. The highest BCUT2D eigenvalue weighted by Gasteiger charge is 2.31. The summed E-state index contributed by atoms with van der Waals surface area (Å²) in [5, 5.41) is 10.1. The number of aliphatic hydroxyl groups excluding tert-OH is 1. The summed E-state index contributed by atoms with van der Waals surface area (Å²) in [4.78, 5) is 2.26. The molecule has 1 aromatic rings. The third-order valence-electron chi connectivity index (χ3n) is 3.13. The Morgan fingerprint density at radius 3 is 2.93 bits per heavy atom. The monoisotopic (exact) mass is 225 g/mol. The minimum absolute atomic E-state index is 0.252. The van der Waals surface area contributed by atoms with Gasteiger partial charge in [0.05, 0.1) is 0 Å². The van der Waals surface area contributed by atoms with Gasteiger partial charge in [0.2, 0.25) is 0 Å². The van der Waals surface area contributed by atoms with E-state index in [1.807, 2.05) is 18.2 Å². The van der Waals surface area contributed by atoms with Crippen LogP contribution in [0.25, 0.3) is 0 Å². The zero-order valence-corrected chi connectivity index (χ0v) is 9.61. The Balaban J connectivity index is 2.22. The molecule has 1 fully saturated rings. The van der Waals surface area contributed by atoms with Crippen LogP contribution in [-0.2, 0) is 0 Å². The second-order valence-electron chi connectivity index (χ2n) is 4.33. The summed E-state index contributed by atoms with van der Waals surface area (Å²) in [5.74, 6) is 0.757. The first-order valence-electron chi connectivity index (χ1n) is 5.25. The topological polar surface area (TPSA) is 23.5 Å². The normalized spacial score (nSPS) is 27.1. The van der Waals surface area contributed by atoms with E-state index in [0.29, 0.717) is 11.8 Å². The number of hydrogen-bond acceptors (Lipinski definition) is 2. The molecule has 0 radical (unpaired) electrons. The van der Waals surface area contributed by atoms with Crippen molar-refractivity contribution < 1.29 is 5.11 Å². The average Bonchev–Trinajstić information content (AvgIpc) is 2.59. The predicted molar refractivity (Wildman–Crippen MR) is 62.3 cm³/mol. The molecular weight excluding hydrogens is 210 g/mol. The molecule has 0 bridgehead atoms. The van der Waals surface area contributed by atoms with Crippen LogP contribution < -0.4 is 0 Å². The molecule has 15 heavy (non-hydrogen) atoms. The number of aliphatic hydroxyl groups is 1. The van der Waals surface area contributed by atoms with Gasteiger partial charge in [-0.2, -0.15) is 0 Å². The molecule has 2 rings (SSSR count). The first-order valence-corrected chi connectivity index (χ1v) is 5.63. The third kappa shape index (κ3) is 2.33. The Hall–Kier alpha value is -0.570. The summed E-state index contributed by atoms with van der Waals surface area (Å²) in [7, 11) is 2.09. The van der Waals surface area contributed by atoms with Crippen LogP contribution in [0.1, 0.15) is 11.5 Å². The molecule has 2 atom stereocenters. The van der Waals surface area contributed by atoms with Crippen LogP contribution in [0.3, 0.4) is 0 Å². The Kier molecular flexibility index (Phi) is 3.29. The average molecular weight is 226 g/mol. The molecule has 82 valence electrons. The molecule has 0 aromatic heterocycles. The van der Waals surface area contributed by atoms with Crippen molar-refractivity contribution >= 4 is 11.6 Å². The van der Waals surface area contributed by atoms with E-state index in [9.17, 15) is 5.11 Å². The molecule has 1 aromatic carbocycles. The van der Waals surface area contributed by atoms with Crippen LogP contribution in [0.4, 0.5) is 0 Å². The van der Waals surface area contributed by atoms with E-state index in [0.717, 1.165) is 18.1 Å². The number of hydrogen-bond donors (Lipinski definition) is 1. The molecule has 2 nitrogen and oxygen atoms in total. The van der Waals surface area contributed by atoms with Crippen molar-refractivity contribution in [3.05, 3.63) is 34.9 Å². The summed E-state index contributed by atoms with van der Waals surface area (Å²) in [5.41, 5.74) is 1.24. The first kappa shape index (κ1) is 10.9. The molecule has 1 saturated heterocycles. The molecule has 0 saturated carbocycles. The maximum atomic E-state index is 9.33. The summed E-state index contributed by atoms with van der Waals surface area (Å²) in [6, 6.07) is 7.97. The molecule has 0 aliphatic carbocycles. The van der Waals surface area contributed by atoms with Crippen LogP contribution >= 0.6 is 11.6 Å². The summed E-state index contributed by atoms with van der Waals surface area (Å²) in [6.07, 6.45) is 0. The first-order chi connectivity index (χ1) is 7.20. The van der Waals surface area contributed by atoms with Gasteiger partial charge in [0.1, 0.15) is 0 Å². The second-order valence-corrected chi connectivity index (χ2v) is 4.76. The Bertz CT molecular complexity index is 342. The molecule has 0 spiro atoms. The van der Waals surface area contributed by atoms with Gasteiger partial charge in [0, 0.05) is 36.6 Å². The fourth-order valence-corrected chi connectivity index (χ4v) is 2.59. The fraction of sp³-hybridized carbons (Fsp3) is 0.500. The standard InChI is InChI=1S/C12H16ClNO/c1-14-6-10(8-15)12(7-14)9-3-2-4-11(13)5-9/h2-5,10,12,15H,6-8H2,1H3/t10-,12-/m0/s1. The third-order valence-corrected chi connectivity index (χ3v) is 3.37. The Morgan fingerprint density at radius 1 is 1.47 bits per heavy atom. The summed E-state index contributed by atoms with van der Waals surface area (Å²) >= 11 is 5.97. The Labute approximate surface area is 95.5 Å². The van der Waals surface area contributed by atoms with Crippen LogP contribution in [0.2, 0.25) is 5.02 Å². The SMILES string of the molecule is CN1C[C@@H](CO)[C@H](c2cccc(Cl)c2)C1. The van der Waals surface area contributed by atoms with Crippen molar-refractivity contribution in [3.63, 3.8) is 0 Å². The molecular formula is C12H16ClNO. The number of likely N-dealkylation sites (tertiary alicyclic amines) is 1. The lowest BCUT2D eigenvalue weighted by Gasteiger charge is -2.16. The molecule has 1 aliphatic heterocycles. The second kappa shape index (κ2) is 4.52. The lowest BCUT2D eigenvalue weighted by Crippen LogP contribution is -2.15. The predicted octanol–water partition coefficient (Wildman–Crippen LogP) is 1.98. The van der Waals surface area contributed by atoms with Crippen molar-refractivity contribution in [2.45, 2.75) is 5.92 Å². The smallest absolute Gasteiger partial charge is 0.0477 e. The zero-order chi connectivity index (χ0) is 10.8. The minimum atomic E-state index is 0.252. The van der Waals surface area contributed by atoms with Crippen molar-refractivity contribution in [3.8, 4) is 0 Å². The van der Waals surface area contributed by atoms with Gasteiger partial charge in [-0.05, 0) is 24.7 Å². The van der Waals surface area contributed by atoms with E-state index in [1.54, 1.807) is 0 Å². The van der Waals surface area contributed by atoms with Crippen LogP contribution in [0, 0.1) is 5.92 Å². The van der Waals surface area contributed by atoms with Gasteiger partial charge in [0.15, 0.2) is 0 Å². The van der Waals surface area contributed by atoms with Gasteiger partial charge >= 0.3 is 0 Å². The lowest BCUT2D eigenvalue weighted by molar-refractivity contribution is 0.219. The molecule has 1 N–H and O–H groups in total. The number of benzene rings is 1. The number of nitrogens with zero attached hydrogens (tertiary/aromatic N) is 1. The summed E-state index contributed by atoms with van der Waals surface area (Å²) < 4.78 is 0. The lowest BCUT2D eigenvalue weighted by atomic mass is 9.90. The van der Waals surface area contributed by atoms with Gasteiger partial charge in [-0.15, -0.1) is 0 Å². The van der Waals surface area contributed by atoms with Crippen molar-refractivity contribution in [2.75, 3.05) is 26.7 Å². The van der Waals surface area contributed by atoms with E-state index >= 15 is 0 Å². The van der Waals surface area contributed by atoms with Crippen molar-refractivity contribution in [1.29, 1.82) is 0 Å². The molecule has 0 amide bonds. The number of likely N-dealkylation sites (N-methyl/N-ethyl adjacent to an activating group) is 1. The number of rotatable bonds is 2. The van der Waals surface area contributed by atoms with Gasteiger partial charge < -0.3 is 10.0 Å². The molecule has 0 unspecified atom stereocenters. The van der Waals surface area contributed by atoms with E-state index in [2.05, 4.69) is 18.0 Å². The minimum Gasteiger partial charge on any atom is -0.396 e. The van der Waals surface area contributed by atoms with Crippen LogP contribution in [0.15, 0.2) is 24.3 Å². The van der Waals surface area contributed by atoms with Crippen molar-refractivity contribution in [2.24, 2.45) is 5.92 Å². The van der Waals surface area contributed by atoms with E-state index in [1.165, 1.54) is 5.56 Å². The molecule has 1 heterocycles. The highest BCUT2D eigenvalue weighted by molar-refractivity contribution is 6.30. The largest absolute Gasteiger partial charge is 0.396 e. The zero-order valence-electron chi connectivity index (χ0n) is 8.86. The maximum Gasteiger partial charge on any atom is 0.0477 e. The van der Waals surface area contributed by atoms with Gasteiger partial charge in [-0.25, -0.2) is 0 Å². The Morgan fingerprint density at radius 2 is 2.27 bits per heavy atom. The van der Waals surface area contributed by atoms with E-state index in [4.69, 9.17) is 11.6 Å². The highest BCUT2D eigenvalue weighted by Crippen LogP contribution is 2.32. The van der Waals surface area contributed by atoms with Gasteiger partial charge in [-0.1, -0.05) is 23.7 Å².